The van der Waals surface area contributed by atoms with Gasteiger partial charge in [-0.15, -0.1) is 24.8 Å². The van der Waals surface area contributed by atoms with Gasteiger partial charge in [-0.2, -0.15) is 0 Å². The number of rotatable bonds is 2. The van der Waals surface area contributed by atoms with E-state index in [9.17, 15) is 20.1 Å². The molecule has 1 saturated carbocycles. The smallest absolute Gasteiger partial charge is 0.280 e. The predicted octanol–water partition coefficient (Wildman–Crippen LogP) is -5.38. The van der Waals surface area contributed by atoms with Crippen LogP contribution in [-0.2, 0) is 19.0 Å². The molecule has 0 amide bonds. The van der Waals surface area contributed by atoms with Crippen LogP contribution in [0.5, 0.6) is 0 Å². The zero-order valence-corrected chi connectivity index (χ0v) is 17.8. The third-order valence-electron chi connectivity index (χ3n) is 4.93. The van der Waals surface area contributed by atoms with Crippen molar-refractivity contribution >= 4 is 30.6 Å². The first kappa shape index (κ1) is 36.2. The number of ether oxygens (including phenoxy) is 3. The molecule has 15 heteroatoms. The molecule has 0 spiro atoms. The molecule has 13 nitrogen and oxygen atoms in total. The maximum atomic E-state index is 12.2. The number of Topliss-reactive ketones (excluding diaryl/α,β-unsaturated/α-hetero) is 1. The SMILES string of the molecule is CN[C@@H]1[C@H](O)[C@H](NC)[C@H]2O[C@@]3(O)C(=O)C[C@@H](C)O[C@H]3O[C@@H]2[C@H]1O.Cl.Cl.O.O.O.O. The maximum absolute atomic E-state index is 12.2. The molecular weight excluding hydrogens is 443 g/mol. The topological polar surface area (TPSA) is 256 Å². The number of aliphatic hydroxyl groups is 3. The van der Waals surface area contributed by atoms with Crippen LogP contribution in [0.2, 0.25) is 0 Å². The lowest BCUT2D eigenvalue weighted by Gasteiger charge is -2.55. The Balaban J connectivity index is -0.000000521. The summed E-state index contributed by atoms with van der Waals surface area (Å²) in [6, 6.07) is -1.29. The average Bonchev–Trinajstić information content (AvgIpc) is 2.49. The van der Waals surface area contributed by atoms with E-state index < -0.39 is 60.5 Å². The summed E-state index contributed by atoms with van der Waals surface area (Å²) in [6.45, 7) is 1.70. The van der Waals surface area contributed by atoms with Gasteiger partial charge in [0.1, 0.15) is 18.3 Å². The van der Waals surface area contributed by atoms with Crippen LogP contribution in [-0.4, -0.2) is 112 Å². The lowest BCUT2D eigenvalue weighted by molar-refractivity contribution is -0.420. The first-order valence-electron chi connectivity index (χ1n) is 7.78. The molecule has 29 heavy (non-hydrogen) atoms. The van der Waals surface area contributed by atoms with Gasteiger partial charge in [-0.3, -0.25) is 4.79 Å². The lowest BCUT2D eigenvalue weighted by atomic mass is 9.80. The van der Waals surface area contributed by atoms with E-state index in [4.69, 9.17) is 14.2 Å². The lowest BCUT2D eigenvalue weighted by Crippen LogP contribution is -2.77. The summed E-state index contributed by atoms with van der Waals surface area (Å²) < 4.78 is 16.8. The van der Waals surface area contributed by atoms with Crippen molar-refractivity contribution < 1.29 is 56.2 Å². The molecule has 0 bridgehead atoms. The minimum absolute atomic E-state index is 0. The summed E-state index contributed by atoms with van der Waals surface area (Å²) >= 11 is 0. The van der Waals surface area contributed by atoms with Crippen molar-refractivity contribution in [1.82, 2.24) is 10.6 Å². The van der Waals surface area contributed by atoms with E-state index in [2.05, 4.69) is 10.6 Å². The van der Waals surface area contributed by atoms with Crippen molar-refractivity contribution in [2.45, 2.75) is 68.0 Å². The zero-order valence-electron chi connectivity index (χ0n) is 16.1. The molecule has 2 saturated heterocycles. The Kier molecular flexibility index (Phi) is 16.5. The van der Waals surface area contributed by atoms with Gasteiger partial charge in [0.2, 0.25) is 6.29 Å². The molecule has 180 valence electrons. The molecule has 2 heterocycles. The van der Waals surface area contributed by atoms with Crippen molar-refractivity contribution in [3.8, 4) is 0 Å². The summed E-state index contributed by atoms with van der Waals surface area (Å²) in [4.78, 5) is 12.2. The highest BCUT2D eigenvalue weighted by Gasteiger charge is 2.63. The second kappa shape index (κ2) is 13.2. The minimum Gasteiger partial charge on any atom is -0.412 e. The third kappa shape index (κ3) is 5.72. The largest absolute Gasteiger partial charge is 0.412 e. The van der Waals surface area contributed by atoms with Crippen LogP contribution in [0.25, 0.3) is 0 Å². The van der Waals surface area contributed by atoms with Crippen LogP contribution in [0.3, 0.4) is 0 Å². The van der Waals surface area contributed by atoms with Gasteiger partial charge in [0.25, 0.3) is 5.79 Å². The Morgan fingerprint density at radius 2 is 1.45 bits per heavy atom. The second-order valence-corrected chi connectivity index (χ2v) is 6.40. The molecule has 0 aromatic carbocycles. The van der Waals surface area contributed by atoms with Crippen molar-refractivity contribution in [2.75, 3.05) is 14.1 Å². The number of carbonyl (C=O) groups excluding carboxylic acids is 1. The Morgan fingerprint density at radius 1 is 0.931 bits per heavy atom. The Bertz CT molecular complexity index is 494. The van der Waals surface area contributed by atoms with Crippen molar-refractivity contribution in [3.63, 3.8) is 0 Å². The van der Waals surface area contributed by atoms with Gasteiger partial charge in [-0.05, 0) is 21.0 Å². The molecule has 3 rings (SSSR count). The summed E-state index contributed by atoms with van der Waals surface area (Å²) in [6.07, 6.45) is -5.58. The fourth-order valence-electron chi connectivity index (χ4n) is 3.68. The summed E-state index contributed by atoms with van der Waals surface area (Å²) in [7, 11) is 3.24. The van der Waals surface area contributed by atoms with Gasteiger partial charge in [-0.25, -0.2) is 0 Å². The highest BCUT2D eigenvalue weighted by atomic mass is 35.5. The second-order valence-electron chi connectivity index (χ2n) is 6.40. The first-order chi connectivity index (χ1) is 10.8. The standard InChI is InChI=1S/C14H24N2O7.2ClH.4H2O/c1-5-4-6(17)14(20)13(21-5)22-12-10(19)7(15-2)9(18)8(16-3)11(12)23-14;;;;;;/h5,7-13,15-16,18-20H,4H2,1-3H3;2*1H;4*1H2/t5-,7-,8+,9+,10+,11-,12-,13+,14+;;;;;;/m1....../s1. The van der Waals surface area contributed by atoms with Gasteiger partial charge in [0.05, 0.1) is 24.3 Å². The van der Waals surface area contributed by atoms with Crippen LogP contribution in [0.15, 0.2) is 0 Å². The van der Waals surface area contributed by atoms with Gasteiger partial charge in [0.15, 0.2) is 5.78 Å². The minimum atomic E-state index is -2.23. The number of hydrogen-bond donors (Lipinski definition) is 5. The summed E-state index contributed by atoms with van der Waals surface area (Å²) in [5.74, 6) is -2.76. The number of nitrogens with one attached hydrogen (secondary N) is 2. The van der Waals surface area contributed by atoms with E-state index >= 15 is 0 Å². The van der Waals surface area contributed by atoms with Gasteiger partial charge < -0.3 is 62.1 Å². The molecule has 0 aromatic rings. The van der Waals surface area contributed by atoms with Crippen LogP contribution in [0, 0.1) is 0 Å². The van der Waals surface area contributed by atoms with Crippen LogP contribution >= 0.6 is 24.8 Å². The fourth-order valence-corrected chi connectivity index (χ4v) is 3.68. The molecule has 13 N–H and O–H groups in total. The van der Waals surface area contributed by atoms with Crippen LogP contribution in [0.1, 0.15) is 13.3 Å². The number of aliphatic hydroxyl groups excluding tert-OH is 2. The normalized spacial score (nSPS) is 42.5. The molecule has 3 fully saturated rings. The van der Waals surface area contributed by atoms with E-state index in [1.165, 1.54) is 0 Å². The monoisotopic (exact) mass is 476 g/mol. The van der Waals surface area contributed by atoms with E-state index in [-0.39, 0.29) is 53.1 Å². The van der Waals surface area contributed by atoms with Crippen molar-refractivity contribution in [1.29, 1.82) is 0 Å². The number of ketones is 1. The molecule has 9 atom stereocenters. The first-order valence-corrected chi connectivity index (χ1v) is 7.78. The number of hydrogen-bond acceptors (Lipinski definition) is 9. The Hall–Kier alpha value is -0.230. The molecule has 2 aliphatic heterocycles. The number of fused-ring (bicyclic) bond motifs is 2. The van der Waals surface area contributed by atoms with Crippen LogP contribution in [0.4, 0.5) is 0 Å². The number of likely N-dealkylation sites (N-methyl/N-ethyl adjacent to an activating group) is 2. The third-order valence-corrected chi connectivity index (χ3v) is 4.93. The van der Waals surface area contributed by atoms with Gasteiger partial charge >= 0.3 is 0 Å². The van der Waals surface area contributed by atoms with E-state index in [1.807, 2.05) is 0 Å². The van der Waals surface area contributed by atoms with E-state index in [0.717, 1.165) is 0 Å². The predicted molar refractivity (Wildman–Crippen MR) is 105 cm³/mol. The van der Waals surface area contributed by atoms with E-state index in [1.54, 1.807) is 21.0 Å². The fraction of sp³-hybridized carbons (Fsp3) is 0.929. The van der Waals surface area contributed by atoms with Gasteiger partial charge in [-0.1, -0.05) is 0 Å². The molecule has 0 radical (unpaired) electrons. The maximum Gasteiger partial charge on any atom is 0.280 e. The number of halogens is 2. The quantitative estimate of drug-likeness (QED) is 0.254. The molecule has 0 unspecified atom stereocenters. The molecule has 0 aromatic heterocycles. The zero-order chi connectivity index (χ0) is 16.9. The van der Waals surface area contributed by atoms with E-state index in [0.29, 0.717) is 0 Å². The summed E-state index contributed by atoms with van der Waals surface area (Å²) in [5, 5.41) is 37.2. The molecule has 3 aliphatic rings. The number of carbonyl (C=O) groups is 1. The Labute approximate surface area is 180 Å². The summed E-state index contributed by atoms with van der Waals surface area (Å²) in [5.41, 5.74) is 0. The Morgan fingerprint density at radius 3 is 1.93 bits per heavy atom. The van der Waals surface area contributed by atoms with Gasteiger partial charge in [0, 0.05) is 6.42 Å². The van der Waals surface area contributed by atoms with Crippen LogP contribution < -0.4 is 10.6 Å². The highest BCUT2D eigenvalue weighted by molar-refractivity contribution is 5.87. The van der Waals surface area contributed by atoms with Crippen molar-refractivity contribution in [2.24, 2.45) is 0 Å². The highest BCUT2D eigenvalue weighted by Crippen LogP contribution is 2.40. The molecular formula is C14H34Cl2N2O11. The van der Waals surface area contributed by atoms with Crippen molar-refractivity contribution in [3.05, 3.63) is 0 Å². The molecule has 1 aliphatic carbocycles. The average molecular weight is 477 g/mol.